The second kappa shape index (κ2) is 7.83. The minimum Gasteiger partial charge on any atom is -0.469 e. The summed E-state index contributed by atoms with van der Waals surface area (Å²) in [6.45, 7) is 1.45. The number of rotatable bonds is 4. The number of hydrogen-bond donors (Lipinski definition) is 2. The summed E-state index contributed by atoms with van der Waals surface area (Å²) in [4.78, 5) is 37.6. The Hall–Kier alpha value is -3.55. The molecule has 0 aliphatic heterocycles. The highest BCUT2D eigenvalue weighted by Crippen LogP contribution is 2.24. The summed E-state index contributed by atoms with van der Waals surface area (Å²) in [6, 6.07) is 8.92. The fourth-order valence-electron chi connectivity index (χ4n) is 3.66. The van der Waals surface area contributed by atoms with Crippen LogP contribution in [0.1, 0.15) is 41.8 Å². The zero-order valence-corrected chi connectivity index (χ0v) is 16.1. The van der Waals surface area contributed by atoms with Crippen LogP contribution in [-0.4, -0.2) is 20.9 Å². The Morgan fingerprint density at radius 1 is 1.10 bits per heavy atom. The summed E-state index contributed by atoms with van der Waals surface area (Å²) in [5, 5.41) is 0. The fourth-order valence-corrected chi connectivity index (χ4v) is 3.66. The van der Waals surface area contributed by atoms with Crippen molar-refractivity contribution in [2.45, 2.75) is 39.2 Å². The molecule has 4 rings (SSSR count). The molecule has 1 aliphatic rings. The maximum atomic E-state index is 13.1. The van der Waals surface area contributed by atoms with Gasteiger partial charge < -0.3 is 4.42 Å². The van der Waals surface area contributed by atoms with Crippen LogP contribution < -0.4 is 16.5 Å². The zero-order chi connectivity index (χ0) is 20.4. The zero-order valence-electron chi connectivity index (χ0n) is 16.1. The molecule has 0 atom stereocenters. The van der Waals surface area contributed by atoms with E-state index in [1.807, 2.05) is 24.3 Å². The number of hydrogen-bond acceptors (Lipinski definition) is 4. The Bertz CT molecular complexity index is 1170. The van der Waals surface area contributed by atoms with Gasteiger partial charge in [-0.3, -0.25) is 29.6 Å². The van der Waals surface area contributed by atoms with Crippen molar-refractivity contribution in [1.29, 1.82) is 0 Å². The van der Waals surface area contributed by atoms with E-state index in [9.17, 15) is 14.4 Å². The van der Waals surface area contributed by atoms with Crippen molar-refractivity contribution < 1.29 is 14.0 Å². The number of nitrogens with one attached hydrogen (secondary N) is 2. The van der Waals surface area contributed by atoms with Crippen LogP contribution in [0.2, 0.25) is 0 Å². The highest BCUT2D eigenvalue weighted by Gasteiger charge is 2.19. The van der Waals surface area contributed by atoms with Crippen LogP contribution in [-0.2, 0) is 11.3 Å². The molecule has 0 bridgehead atoms. The normalized spacial score (nSPS) is 13.9. The number of nitrogens with zero attached hydrogens (tertiary/aromatic N) is 2. The lowest BCUT2D eigenvalue weighted by Crippen LogP contribution is -2.44. The second-order valence-electron chi connectivity index (χ2n) is 7.03. The van der Waals surface area contributed by atoms with Gasteiger partial charge in [0, 0.05) is 5.70 Å². The summed E-state index contributed by atoms with van der Waals surface area (Å²) >= 11 is 0. The average molecular weight is 394 g/mol. The fraction of sp³-hybridized carbons (Fsp3) is 0.286. The number of allylic oxidation sites excluding steroid dienone is 2. The van der Waals surface area contributed by atoms with Gasteiger partial charge in [0.1, 0.15) is 12.3 Å². The first-order valence-corrected chi connectivity index (χ1v) is 9.59. The van der Waals surface area contributed by atoms with Gasteiger partial charge in [0.05, 0.1) is 22.9 Å². The van der Waals surface area contributed by atoms with E-state index in [-0.39, 0.29) is 12.2 Å². The standard InChI is InChI=1S/C21H22N4O4/c1-14-16(11-12-29-14)20(27)23-22-19(26)13-24-17-9-5-6-10-18(17)25(21(24)28)15-7-3-2-4-8-15/h5-7,9-12H,2-4,8,13H2,1H3,(H,22,26)(H,23,27). The molecule has 8 nitrogen and oxygen atoms in total. The molecule has 0 saturated heterocycles. The maximum absolute atomic E-state index is 13.1. The molecule has 0 saturated carbocycles. The van der Waals surface area contributed by atoms with Crippen LogP contribution in [0.4, 0.5) is 0 Å². The number of fused-ring (bicyclic) bond motifs is 1. The number of aromatic nitrogens is 2. The third-order valence-electron chi connectivity index (χ3n) is 5.11. The summed E-state index contributed by atoms with van der Waals surface area (Å²) in [5.41, 5.74) is 7.22. The number of imidazole rings is 1. The third-order valence-corrected chi connectivity index (χ3v) is 5.11. The largest absolute Gasteiger partial charge is 0.469 e. The molecule has 150 valence electrons. The molecule has 1 aromatic carbocycles. The molecule has 2 heterocycles. The van der Waals surface area contributed by atoms with Crippen molar-refractivity contribution in [2.24, 2.45) is 0 Å². The van der Waals surface area contributed by atoms with E-state index in [1.165, 1.54) is 16.9 Å². The highest BCUT2D eigenvalue weighted by molar-refractivity contribution is 5.96. The number of furan rings is 1. The van der Waals surface area contributed by atoms with Crippen molar-refractivity contribution in [3.05, 3.63) is 64.5 Å². The van der Waals surface area contributed by atoms with E-state index >= 15 is 0 Å². The van der Waals surface area contributed by atoms with Gasteiger partial charge in [0.25, 0.3) is 11.8 Å². The van der Waals surface area contributed by atoms with Crippen molar-refractivity contribution in [2.75, 3.05) is 0 Å². The van der Waals surface area contributed by atoms with E-state index in [1.54, 1.807) is 11.5 Å². The second-order valence-corrected chi connectivity index (χ2v) is 7.03. The first-order chi connectivity index (χ1) is 14.1. The average Bonchev–Trinajstić information content (AvgIpc) is 3.28. The molecule has 0 spiro atoms. The van der Waals surface area contributed by atoms with Gasteiger partial charge in [-0.25, -0.2) is 4.79 Å². The molecule has 2 amide bonds. The topological polar surface area (TPSA) is 98.3 Å². The number of aryl methyl sites for hydroxylation is 1. The number of carbonyl (C=O) groups excluding carboxylic acids is 2. The minimum absolute atomic E-state index is 0.204. The van der Waals surface area contributed by atoms with E-state index in [0.717, 1.165) is 36.9 Å². The van der Waals surface area contributed by atoms with Crippen LogP contribution >= 0.6 is 0 Å². The molecule has 2 N–H and O–H groups in total. The van der Waals surface area contributed by atoms with E-state index in [0.29, 0.717) is 16.8 Å². The molecule has 0 radical (unpaired) electrons. The van der Waals surface area contributed by atoms with Gasteiger partial charge in [-0.2, -0.15) is 0 Å². The van der Waals surface area contributed by atoms with Gasteiger partial charge in [-0.1, -0.05) is 18.2 Å². The Morgan fingerprint density at radius 3 is 2.59 bits per heavy atom. The first kappa shape index (κ1) is 18.8. The number of para-hydroxylation sites is 2. The van der Waals surface area contributed by atoms with Gasteiger partial charge in [-0.15, -0.1) is 0 Å². The van der Waals surface area contributed by atoms with Gasteiger partial charge in [0.15, 0.2) is 0 Å². The van der Waals surface area contributed by atoms with Crippen LogP contribution in [0.15, 0.2) is 51.9 Å². The van der Waals surface area contributed by atoms with Crippen LogP contribution in [0.3, 0.4) is 0 Å². The SMILES string of the molecule is Cc1occc1C(=O)NNC(=O)Cn1c(=O)n(C2=CCCCC2)c2ccccc21. The Kier molecular flexibility index (Phi) is 5.07. The van der Waals surface area contributed by atoms with Gasteiger partial charge >= 0.3 is 5.69 Å². The summed E-state index contributed by atoms with van der Waals surface area (Å²) in [5.74, 6) is -0.523. The van der Waals surface area contributed by atoms with Crippen molar-refractivity contribution in [3.63, 3.8) is 0 Å². The van der Waals surface area contributed by atoms with Crippen molar-refractivity contribution >= 4 is 28.5 Å². The molecular formula is C21H22N4O4. The summed E-state index contributed by atoms with van der Waals surface area (Å²) < 4.78 is 8.20. The smallest absolute Gasteiger partial charge is 0.333 e. The molecule has 2 aromatic heterocycles. The molecular weight excluding hydrogens is 372 g/mol. The Morgan fingerprint density at radius 2 is 1.90 bits per heavy atom. The van der Waals surface area contributed by atoms with Crippen molar-refractivity contribution in [3.8, 4) is 0 Å². The monoisotopic (exact) mass is 394 g/mol. The van der Waals surface area contributed by atoms with E-state index in [4.69, 9.17) is 4.42 Å². The Labute approximate surface area is 166 Å². The molecule has 1 aliphatic carbocycles. The minimum atomic E-state index is -0.498. The summed E-state index contributed by atoms with van der Waals surface area (Å²) in [6.07, 6.45) is 7.43. The number of hydrazine groups is 1. The van der Waals surface area contributed by atoms with Crippen molar-refractivity contribution in [1.82, 2.24) is 20.0 Å². The number of benzene rings is 1. The molecule has 29 heavy (non-hydrogen) atoms. The lowest BCUT2D eigenvalue weighted by molar-refractivity contribution is -0.122. The van der Waals surface area contributed by atoms with E-state index in [2.05, 4.69) is 16.9 Å². The highest BCUT2D eigenvalue weighted by atomic mass is 16.3. The van der Waals surface area contributed by atoms with Crippen LogP contribution in [0.25, 0.3) is 16.7 Å². The third kappa shape index (κ3) is 3.61. The molecule has 0 unspecified atom stereocenters. The maximum Gasteiger partial charge on any atom is 0.333 e. The van der Waals surface area contributed by atoms with Crippen LogP contribution in [0, 0.1) is 6.92 Å². The van der Waals surface area contributed by atoms with Gasteiger partial charge in [-0.05, 0) is 50.8 Å². The number of amides is 2. The van der Waals surface area contributed by atoms with Crippen LogP contribution in [0.5, 0.6) is 0 Å². The lowest BCUT2D eigenvalue weighted by atomic mass is 10.0. The predicted molar refractivity (Wildman–Crippen MR) is 108 cm³/mol. The van der Waals surface area contributed by atoms with Gasteiger partial charge in [0.2, 0.25) is 0 Å². The Balaban J connectivity index is 1.56. The summed E-state index contributed by atoms with van der Waals surface area (Å²) in [7, 11) is 0. The van der Waals surface area contributed by atoms with E-state index < -0.39 is 11.8 Å². The first-order valence-electron chi connectivity index (χ1n) is 9.59. The molecule has 3 aromatic rings. The lowest BCUT2D eigenvalue weighted by Gasteiger charge is -2.13. The predicted octanol–water partition coefficient (Wildman–Crippen LogP) is 2.58. The molecule has 8 heteroatoms. The number of carbonyl (C=O) groups is 2. The quantitative estimate of drug-likeness (QED) is 0.665. The molecule has 0 fully saturated rings.